The number of aliphatic imine (C=N–C) groups is 1. The van der Waals surface area contributed by atoms with Gasteiger partial charge in [0.25, 0.3) is 0 Å². The van der Waals surface area contributed by atoms with E-state index in [2.05, 4.69) is 10.3 Å². The number of rotatable bonds is 4. The molecule has 8 heteroatoms. The predicted molar refractivity (Wildman–Crippen MR) is 126 cm³/mol. The molecule has 2 aliphatic rings. The van der Waals surface area contributed by atoms with Gasteiger partial charge in [0.2, 0.25) is 5.95 Å². The van der Waals surface area contributed by atoms with Crippen molar-refractivity contribution in [2.45, 2.75) is 19.2 Å². The van der Waals surface area contributed by atoms with Gasteiger partial charge in [-0.1, -0.05) is 42.5 Å². The van der Waals surface area contributed by atoms with Gasteiger partial charge in [-0.2, -0.15) is 0 Å². The van der Waals surface area contributed by atoms with Gasteiger partial charge < -0.3 is 19.9 Å². The minimum atomic E-state index is -0.392. The molecule has 1 atom stereocenters. The van der Waals surface area contributed by atoms with Crippen LogP contribution in [0.25, 0.3) is 11.0 Å². The van der Waals surface area contributed by atoms with Crippen LogP contribution in [0.5, 0.6) is 17.2 Å². The molecule has 1 aromatic heterocycles. The number of hydrogen-bond acceptors (Lipinski definition) is 7. The molecule has 6 rings (SSSR count). The topological polar surface area (TPSA) is 95.9 Å². The van der Waals surface area contributed by atoms with Crippen molar-refractivity contribution in [2.75, 3.05) is 18.5 Å². The van der Waals surface area contributed by atoms with E-state index in [1.54, 1.807) is 0 Å². The molecule has 3 N–H and O–H groups in total. The van der Waals surface area contributed by atoms with Crippen LogP contribution in [0, 0.1) is 0 Å². The second kappa shape index (κ2) is 8.05. The van der Waals surface area contributed by atoms with Gasteiger partial charge in [-0.25, -0.2) is 9.98 Å². The lowest BCUT2D eigenvalue weighted by molar-refractivity contribution is 0.297. The molecule has 33 heavy (non-hydrogen) atoms. The Morgan fingerprint density at radius 3 is 2.67 bits per heavy atom. The summed E-state index contributed by atoms with van der Waals surface area (Å²) in [6, 6.07) is 21.9. The van der Waals surface area contributed by atoms with E-state index in [4.69, 9.17) is 24.9 Å². The quantitative estimate of drug-likeness (QED) is 0.496. The molecule has 0 radical (unpaired) electrons. The van der Waals surface area contributed by atoms with Crippen molar-refractivity contribution in [3.8, 4) is 17.2 Å². The van der Waals surface area contributed by atoms with Crippen LogP contribution >= 0.6 is 0 Å². The number of imidazole rings is 1. The third kappa shape index (κ3) is 3.69. The Bertz CT molecular complexity index is 1350. The molecule has 0 saturated carbocycles. The lowest BCUT2D eigenvalue weighted by atomic mass is 10.1. The van der Waals surface area contributed by atoms with E-state index in [-0.39, 0.29) is 0 Å². The summed E-state index contributed by atoms with van der Waals surface area (Å²) in [5, 5.41) is 3.08. The highest BCUT2D eigenvalue weighted by atomic mass is 16.5. The third-order valence-electron chi connectivity index (χ3n) is 5.71. The first-order valence-corrected chi connectivity index (χ1v) is 10.9. The molecule has 2 aliphatic heterocycles. The maximum atomic E-state index is 6.12. The molecule has 0 fully saturated rings. The molecule has 0 aliphatic carbocycles. The Hall–Kier alpha value is -4.20. The van der Waals surface area contributed by atoms with E-state index in [1.165, 1.54) is 0 Å². The minimum absolute atomic E-state index is 0.312. The molecule has 1 unspecified atom stereocenters. The lowest BCUT2D eigenvalue weighted by Gasteiger charge is -2.24. The highest BCUT2D eigenvalue weighted by molar-refractivity contribution is 5.95. The second-order valence-electron chi connectivity index (χ2n) is 8.00. The second-order valence-corrected chi connectivity index (χ2v) is 8.00. The Labute approximate surface area is 190 Å². The SMILES string of the molecule is NC1=NC(c2cccc(OCc3ccccc3)c2)n2c(nc3cc4c(cc32)OCCCO4)N1. The summed E-state index contributed by atoms with van der Waals surface area (Å²) in [5.41, 5.74) is 9.84. The Kier molecular flexibility index (Phi) is 4.75. The highest BCUT2D eigenvalue weighted by Crippen LogP contribution is 2.39. The Morgan fingerprint density at radius 2 is 1.82 bits per heavy atom. The first-order chi connectivity index (χ1) is 16.2. The molecule has 0 saturated heterocycles. The highest BCUT2D eigenvalue weighted by Gasteiger charge is 2.27. The van der Waals surface area contributed by atoms with Crippen LogP contribution in [-0.4, -0.2) is 28.7 Å². The summed E-state index contributed by atoms with van der Waals surface area (Å²) in [4.78, 5) is 9.43. The number of guanidine groups is 1. The molecule has 0 amide bonds. The van der Waals surface area contributed by atoms with Crippen LogP contribution in [-0.2, 0) is 6.61 Å². The zero-order valence-electron chi connectivity index (χ0n) is 17.9. The summed E-state index contributed by atoms with van der Waals surface area (Å²) >= 11 is 0. The standard InChI is InChI=1S/C25H23N5O3/c26-24-28-23(17-8-4-9-18(12-17)33-15-16-6-2-1-3-7-16)30-20-14-22-21(31-10-5-11-32-22)13-19(20)27-25(30)29-24/h1-4,6-9,12-14,23H,5,10-11,15H2,(H3,26,27,28,29). The molecular formula is C25H23N5O3. The lowest BCUT2D eigenvalue weighted by Crippen LogP contribution is -2.31. The van der Waals surface area contributed by atoms with Gasteiger partial charge in [-0.15, -0.1) is 0 Å². The monoisotopic (exact) mass is 441 g/mol. The molecule has 3 heterocycles. The number of hydrogen-bond donors (Lipinski definition) is 2. The Balaban J connectivity index is 1.38. The fraction of sp³-hybridized carbons (Fsp3) is 0.200. The molecule has 8 nitrogen and oxygen atoms in total. The predicted octanol–water partition coefficient (Wildman–Crippen LogP) is 4.06. The smallest absolute Gasteiger partial charge is 0.212 e. The van der Waals surface area contributed by atoms with E-state index < -0.39 is 6.17 Å². The van der Waals surface area contributed by atoms with Crippen molar-refractivity contribution in [2.24, 2.45) is 10.7 Å². The number of nitrogens with zero attached hydrogens (tertiary/aromatic N) is 3. The van der Waals surface area contributed by atoms with Gasteiger partial charge in [0.15, 0.2) is 23.6 Å². The van der Waals surface area contributed by atoms with Crippen molar-refractivity contribution >= 4 is 22.9 Å². The maximum Gasteiger partial charge on any atom is 0.212 e. The van der Waals surface area contributed by atoms with Gasteiger partial charge in [0, 0.05) is 24.1 Å². The van der Waals surface area contributed by atoms with Crippen molar-refractivity contribution < 1.29 is 14.2 Å². The molecular weight excluding hydrogens is 418 g/mol. The van der Waals surface area contributed by atoms with Crippen LogP contribution in [0.15, 0.2) is 71.7 Å². The van der Waals surface area contributed by atoms with Crippen molar-refractivity contribution in [1.29, 1.82) is 0 Å². The number of nitrogens with one attached hydrogen (secondary N) is 1. The van der Waals surface area contributed by atoms with Crippen molar-refractivity contribution in [1.82, 2.24) is 9.55 Å². The van der Waals surface area contributed by atoms with E-state index in [0.29, 0.717) is 43.2 Å². The van der Waals surface area contributed by atoms with Gasteiger partial charge in [0.1, 0.15) is 12.4 Å². The van der Waals surface area contributed by atoms with Crippen LogP contribution in [0.2, 0.25) is 0 Å². The zero-order chi connectivity index (χ0) is 22.2. The molecule has 3 aromatic carbocycles. The zero-order valence-corrected chi connectivity index (χ0v) is 17.9. The normalized spacial score (nSPS) is 17.0. The summed E-state index contributed by atoms with van der Waals surface area (Å²) in [6.07, 6.45) is 0.453. The summed E-state index contributed by atoms with van der Waals surface area (Å²) in [6.45, 7) is 1.73. The maximum absolute atomic E-state index is 6.12. The largest absolute Gasteiger partial charge is 0.489 e. The van der Waals surface area contributed by atoms with E-state index >= 15 is 0 Å². The van der Waals surface area contributed by atoms with Gasteiger partial charge in [-0.3, -0.25) is 9.88 Å². The third-order valence-corrected chi connectivity index (χ3v) is 5.71. The fourth-order valence-electron chi connectivity index (χ4n) is 4.15. The molecule has 0 bridgehead atoms. The van der Waals surface area contributed by atoms with Gasteiger partial charge in [-0.05, 0) is 17.7 Å². The van der Waals surface area contributed by atoms with E-state index in [9.17, 15) is 0 Å². The Morgan fingerprint density at radius 1 is 1.00 bits per heavy atom. The number of benzene rings is 3. The number of ether oxygens (including phenoxy) is 3. The van der Waals surface area contributed by atoms with Crippen LogP contribution in [0.3, 0.4) is 0 Å². The van der Waals surface area contributed by atoms with Crippen LogP contribution < -0.4 is 25.3 Å². The summed E-state index contributed by atoms with van der Waals surface area (Å²) in [7, 11) is 0. The first kappa shape index (κ1) is 19.5. The summed E-state index contributed by atoms with van der Waals surface area (Å²) in [5.74, 6) is 3.12. The van der Waals surface area contributed by atoms with E-state index in [0.717, 1.165) is 34.3 Å². The van der Waals surface area contributed by atoms with Crippen molar-refractivity contribution in [3.63, 3.8) is 0 Å². The van der Waals surface area contributed by atoms with E-state index in [1.807, 2.05) is 71.3 Å². The molecule has 0 spiro atoms. The average Bonchev–Trinajstić information content (AvgIpc) is 3.02. The molecule has 4 aromatic rings. The first-order valence-electron chi connectivity index (χ1n) is 10.9. The summed E-state index contributed by atoms with van der Waals surface area (Å²) < 4.78 is 19.8. The van der Waals surface area contributed by atoms with Gasteiger partial charge in [0.05, 0.1) is 24.2 Å². The average molecular weight is 441 g/mol. The van der Waals surface area contributed by atoms with Crippen LogP contribution in [0.1, 0.15) is 23.7 Å². The van der Waals surface area contributed by atoms with Crippen LogP contribution in [0.4, 0.5) is 5.95 Å². The van der Waals surface area contributed by atoms with Gasteiger partial charge >= 0.3 is 0 Å². The number of anilines is 1. The number of fused-ring (bicyclic) bond motifs is 4. The van der Waals surface area contributed by atoms with Crippen molar-refractivity contribution in [3.05, 3.63) is 77.9 Å². The fourth-order valence-corrected chi connectivity index (χ4v) is 4.15. The number of nitrogens with two attached hydrogens (primary N) is 1. The molecule has 166 valence electrons. The number of aromatic nitrogens is 2. The minimum Gasteiger partial charge on any atom is -0.489 e.